The van der Waals surface area contributed by atoms with Gasteiger partial charge in [0.1, 0.15) is 6.61 Å². The lowest BCUT2D eigenvalue weighted by Gasteiger charge is -2.15. The molecule has 3 aromatic carbocycles. The molecule has 0 aliphatic heterocycles. The van der Waals surface area contributed by atoms with Gasteiger partial charge in [0.25, 0.3) is 0 Å². The molecular weight excluding hydrogens is 537 g/mol. The monoisotopic (exact) mass is 555 g/mol. The van der Waals surface area contributed by atoms with Crippen molar-refractivity contribution in [3.63, 3.8) is 0 Å². The van der Waals surface area contributed by atoms with E-state index in [-0.39, 0.29) is 6.61 Å². The highest BCUT2D eigenvalue weighted by Gasteiger charge is 2.14. The van der Waals surface area contributed by atoms with Crippen molar-refractivity contribution in [2.45, 2.75) is 20.1 Å². The molecule has 0 bridgehead atoms. The topological polar surface area (TPSA) is 60.1 Å². The van der Waals surface area contributed by atoms with Crippen molar-refractivity contribution < 1.29 is 9.47 Å². The number of allylic oxidation sites excluding steroid dienone is 1. The van der Waals surface area contributed by atoms with Crippen LogP contribution in [0.2, 0.25) is 10.0 Å². The summed E-state index contributed by atoms with van der Waals surface area (Å²) in [5, 5.41) is 10.9. The molecule has 0 aliphatic carbocycles. The third-order valence-electron chi connectivity index (χ3n) is 5.07. The lowest BCUT2D eigenvalue weighted by Crippen LogP contribution is -2.02. The predicted molar refractivity (Wildman–Crippen MR) is 139 cm³/mol. The van der Waals surface area contributed by atoms with Crippen LogP contribution in [0.5, 0.6) is 11.5 Å². The zero-order chi connectivity index (χ0) is 24.1. The summed E-state index contributed by atoms with van der Waals surface area (Å²) in [5.74, 6) is 1.13. The highest BCUT2D eigenvalue weighted by molar-refractivity contribution is 9.10. The Kier molecular flexibility index (Phi) is 7.79. The van der Waals surface area contributed by atoms with Crippen molar-refractivity contribution in [1.29, 1.82) is 5.26 Å². The fourth-order valence-electron chi connectivity index (χ4n) is 3.50. The van der Waals surface area contributed by atoms with Gasteiger partial charge in [0.05, 0.1) is 41.1 Å². The maximum absolute atomic E-state index is 9.77. The molecule has 1 aromatic heterocycles. The average molecular weight is 557 g/mol. The maximum atomic E-state index is 9.77. The third kappa shape index (κ3) is 5.56. The number of hydrogen-bond donors (Lipinski definition) is 0. The number of para-hydroxylation sites is 2. The number of hydrogen-bond acceptors (Lipinski definition) is 4. The molecule has 0 N–H and O–H groups in total. The Morgan fingerprint density at radius 1 is 1.15 bits per heavy atom. The van der Waals surface area contributed by atoms with Gasteiger partial charge in [-0.15, -0.1) is 0 Å². The van der Waals surface area contributed by atoms with Crippen LogP contribution >= 0.6 is 39.1 Å². The highest BCUT2D eigenvalue weighted by Crippen LogP contribution is 2.38. The predicted octanol–water partition coefficient (Wildman–Crippen LogP) is 7.69. The van der Waals surface area contributed by atoms with E-state index in [0.717, 1.165) is 22.2 Å². The summed E-state index contributed by atoms with van der Waals surface area (Å²) in [7, 11) is 0. The Morgan fingerprint density at radius 2 is 1.97 bits per heavy atom. The van der Waals surface area contributed by atoms with Gasteiger partial charge in [0.2, 0.25) is 0 Å². The molecule has 5 nitrogen and oxygen atoms in total. The molecule has 34 heavy (non-hydrogen) atoms. The molecule has 0 aliphatic rings. The maximum Gasteiger partial charge on any atom is 0.175 e. The molecule has 0 radical (unpaired) electrons. The van der Waals surface area contributed by atoms with E-state index in [1.54, 1.807) is 18.5 Å². The van der Waals surface area contributed by atoms with E-state index in [0.29, 0.717) is 44.7 Å². The van der Waals surface area contributed by atoms with Gasteiger partial charge in [-0.05, 0) is 70.9 Å². The highest BCUT2D eigenvalue weighted by atomic mass is 79.9. The molecule has 0 atom stereocenters. The van der Waals surface area contributed by atoms with Crippen LogP contribution in [0.3, 0.4) is 0 Å². The van der Waals surface area contributed by atoms with Crippen LogP contribution in [0.25, 0.3) is 17.1 Å². The molecule has 0 amide bonds. The summed E-state index contributed by atoms with van der Waals surface area (Å²) in [6.45, 7) is 3.03. The second-order valence-corrected chi connectivity index (χ2v) is 9.13. The average Bonchev–Trinajstić information content (AvgIpc) is 3.22. The van der Waals surface area contributed by atoms with E-state index in [2.05, 4.69) is 27.0 Å². The second-order valence-electron chi connectivity index (χ2n) is 7.43. The molecule has 4 rings (SSSR count). The van der Waals surface area contributed by atoms with Gasteiger partial charge < -0.3 is 14.0 Å². The van der Waals surface area contributed by atoms with Crippen molar-refractivity contribution in [1.82, 2.24) is 9.55 Å². The fourth-order valence-corrected chi connectivity index (χ4v) is 4.53. The summed E-state index contributed by atoms with van der Waals surface area (Å²) >= 11 is 15.9. The minimum atomic E-state index is 0.251. The molecule has 4 aromatic rings. The number of halogens is 3. The normalized spacial score (nSPS) is 11.4. The first kappa shape index (κ1) is 24.2. The number of imidazole rings is 1. The Hall–Kier alpha value is -2.98. The first-order valence-electron chi connectivity index (χ1n) is 10.5. The standard InChI is InChI=1S/C26H20BrCl2N3O2/c1-2-33-25-11-17(9-18(13-30)14-32-16-31-23-5-3-4-6-24(23)32)10-21(27)26(25)34-15-19-7-8-20(28)12-22(19)29/h3-12,16H,2,14-15H2,1H3/b18-9-. The van der Waals surface area contributed by atoms with Gasteiger partial charge in [0, 0.05) is 21.2 Å². The van der Waals surface area contributed by atoms with E-state index in [9.17, 15) is 5.26 Å². The summed E-state index contributed by atoms with van der Waals surface area (Å²) in [4.78, 5) is 4.40. The summed E-state index contributed by atoms with van der Waals surface area (Å²) in [6.07, 6.45) is 3.58. The molecule has 0 saturated carbocycles. The van der Waals surface area contributed by atoms with Crippen molar-refractivity contribution in [2.75, 3.05) is 6.61 Å². The molecule has 8 heteroatoms. The lowest BCUT2D eigenvalue weighted by molar-refractivity contribution is 0.267. The number of nitriles is 1. The van der Waals surface area contributed by atoms with Gasteiger partial charge in [-0.2, -0.15) is 5.26 Å². The number of fused-ring (bicyclic) bond motifs is 1. The van der Waals surface area contributed by atoms with Crippen LogP contribution in [-0.4, -0.2) is 16.2 Å². The van der Waals surface area contributed by atoms with Crippen molar-refractivity contribution in [3.8, 4) is 17.6 Å². The number of ether oxygens (including phenoxy) is 2. The Balaban J connectivity index is 1.60. The quantitative estimate of drug-likeness (QED) is 0.209. The van der Waals surface area contributed by atoms with Gasteiger partial charge in [-0.1, -0.05) is 41.4 Å². The molecule has 0 unspecified atom stereocenters. The molecule has 0 spiro atoms. The van der Waals surface area contributed by atoms with E-state index in [1.165, 1.54) is 0 Å². The van der Waals surface area contributed by atoms with Crippen LogP contribution in [0.4, 0.5) is 0 Å². The van der Waals surface area contributed by atoms with E-state index < -0.39 is 0 Å². The molecule has 1 heterocycles. The Labute approximate surface area is 216 Å². The largest absolute Gasteiger partial charge is 0.490 e. The first-order valence-corrected chi connectivity index (χ1v) is 12.1. The van der Waals surface area contributed by atoms with Crippen LogP contribution in [0.1, 0.15) is 18.1 Å². The minimum absolute atomic E-state index is 0.251. The van der Waals surface area contributed by atoms with Crippen molar-refractivity contribution >= 4 is 56.2 Å². The lowest BCUT2D eigenvalue weighted by atomic mass is 10.1. The molecule has 172 valence electrons. The van der Waals surface area contributed by atoms with Crippen molar-refractivity contribution in [3.05, 3.63) is 92.1 Å². The SMILES string of the molecule is CCOc1cc(/C=C(/C#N)Cn2cnc3ccccc32)cc(Br)c1OCc1ccc(Cl)cc1Cl. The third-order valence-corrected chi connectivity index (χ3v) is 6.25. The minimum Gasteiger partial charge on any atom is -0.490 e. The molecular formula is C26H20BrCl2N3O2. The number of benzene rings is 3. The number of nitrogens with zero attached hydrogens (tertiary/aromatic N) is 3. The summed E-state index contributed by atoms with van der Waals surface area (Å²) < 4.78 is 14.6. The number of rotatable bonds is 8. The summed E-state index contributed by atoms with van der Waals surface area (Å²) in [6, 6.07) is 19.2. The number of aromatic nitrogens is 2. The zero-order valence-electron chi connectivity index (χ0n) is 18.3. The molecule has 0 fully saturated rings. The van der Waals surface area contributed by atoms with E-state index >= 15 is 0 Å². The van der Waals surface area contributed by atoms with Gasteiger partial charge in [0.15, 0.2) is 11.5 Å². The smallest absolute Gasteiger partial charge is 0.175 e. The summed E-state index contributed by atoms with van der Waals surface area (Å²) in [5.41, 5.74) is 4.07. The van der Waals surface area contributed by atoms with E-state index in [1.807, 2.05) is 60.0 Å². The second kappa shape index (κ2) is 11.0. The van der Waals surface area contributed by atoms with Crippen molar-refractivity contribution in [2.24, 2.45) is 0 Å². The zero-order valence-corrected chi connectivity index (χ0v) is 21.4. The Bertz CT molecular complexity index is 1410. The fraction of sp³-hybridized carbons (Fsp3) is 0.154. The first-order chi connectivity index (χ1) is 16.5. The van der Waals surface area contributed by atoms with Crippen LogP contribution < -0.4 is 9.47 Å². The van der Waals surface area contributed by atoms with Crippen LogP contribution in [0.15, 0.2) is 71.0 Å². The van der Waals surface area contributed by atoms with Crippen LogP contribution in [-0.2, 0) is 13.2 Å². The van der Waals surface area contributed by atoms with Gasteiger partial charge >= 0.3 is 0 Å². The van der Waals surface area contributed by atoms with Gasteiger partial charge in [-0.3, -0.25) is 0 Å². The van der Waals surface area contributed by atoms with Crippen LogP contribution in [0, 0.1) is 11.3 Å². The van der Waals surface area contributed by atoms with Gasteiger partial charge in [-0.25, -0.2) is 4.98 Å². The Morgan fingerprint density at radius 3 is 2.74 bits per heavy atom. The molecule has 0 saturated heterocycles. The van der Waals surface area contributed by atoms with E-state index in [4.69, 9.17) is 32.7 Å².